The van der Waals surface area contributed by atoms with Crippen molar-refractivity contribution in [3.63, 3.8) is 0 Å². The van der Waals surface area contributed by atoms with Crippen LogP contribution in [0.1, 0.15) is 10.4 Å². The normalized spacial score (nSPS) is 11.0. The molecule has 5 nitrogen and oxygen atoms in total. The predicted molar refractivity (Wildman–Crippen MR) is 88.5 cm³/mol. The first kappa shape index (κ1) is 19.9. The number of hydrogen-bond donors (Lipinski definition) is 1. The number of benzene rings is 2. The van der Waals surface area contributed by atoms with Crippen molar-refractivity contribution < 1.29 is 32.2 Å². The van der Waals surface area contributed by atoms with Crippen LogP contribution in [0, 0.1) is 0 Å². The van der Waals surface area contributed by atoms with Gasteiger partial charge in [0.2, 0.25) is 0 Å². The molecular weight excluding hydrogens is 398 g/mol. The van der Waals surface area contributed by atoms with Crippen molar-refractivity contribution in [2.75, 3.05) is 11.9 Å². The molecule has 26 heavy (non-hydrogen) atoms. The van der Waals surface area contributed by atoms with Crippen LogP contribution >= 0.6 is 23.2 Å². The molecular formula is C16H10Cl2F3NO4. The maximum absolute atomic E-state index is 12.1. The summed E-state index contributed by atoms with van der Waals surface area (Å²) in [5.41, 5.74) is 0.316. The molecule has 0 saturated heterocycles. The van der Waals surface area contributed by atoms with Crippen LogP contribution in [0.4, 0.5) is 18.9 Å². The van der Waals surface area contributed by atoms with E-state index in [0.29, 0.717) is 10.7 Å². The molecule has 0 spiro atoms. The Bertz CT molecular complexity index is 810. The topological polar surface area (TPSA) is 64.6 Å². The third-order valence-corrected chi connectivity index (χ3v) is 3.60. The van der Waals surface area contributed by atoms with Crippen LogP contribution in [0.25, 0.3) is 0 Å². The summed E-state index contributed by atoms with van der Waals surface area (Å²) in [6.07, 6.45) is -4.83. The summed E-state index contributed by atoms with van der Waals surface area (Å²) in [5.74, 6) is -1.99. The number of ether oxygens (including phenoxy) is 2. The molecule has 0 saturated carbocycles. The maximum atomic E-state index is 12.1. The van der Waals surface area contributed by atoms with Gasteiger partial charge in [-0.3, -0.25) is 4.79 Å². The molecule has 10 heteroatoms. The fourth-order valence-electron chi connectivity index (χ4n) is 1.78. The van der Waals surface area contributed by atoms with Gasteiger partial charge in [0, 0.05) is 5.69 Å². The summed E-state index contributed by atoms with van der Waals surface area (Å²) in [6.45, 7) is -0.597. The van der Waals surface area contributed by atoms with Crippen molar-refractivity contribution in [2.24, 2.45) is 0 Å². The monoisotopic (exact) mass is 407 g/mol. The number of amides is 1. The van der Waals surface area contributed by atoms with E-state index < -0.39 is 30.6 Å². The summed E-state index contributed by atoms with van der Waals surface area (Å²) >= 11 is 11.6. The van der Waals surface area contributed by atoms with Crippen LogP contribution in [0.3, 0.4) is 0 Å². The van der Waals surface area contributed by atoms with Crippen molar-refractivity contribution in [1.82, 2.24) is 0 Å². The molecule has 2 aromatic rings. The van der Waals surface area contributed by atoms with Crippen molar-refractivity contribution in [1.29, 1.82) is 0 Å². The quantitative estimate of drug-likeness (QED) is 0.730. The highest BCUT2D eigenvalue weighted by molar-refractivity contribution is 6.42. The van der Waals surface area contributed by atoms with Crippen molar-refractivity contribution in [2.45, 2.75) is 6.36 Å². The molecule has 0 aliphatic heterocycles. The zero-order valence-corrected chi connectivity index (χ0v) is 14.3. The van der Waals surface area contributed by atoms with Crippen LogP contribution in [-0.4, -0.2) is 24.8 Å². The molecule has 0 heterocycles. The molecule has 0 unspecified atom stereocenters. The number of carbonyl (C=O) groups is 2. The SMILES string of the molecule is O=C(COC(=O)c1ccc(OC(F)(F)F)cc1)Nc1ccc(Cl)c(Cl)c1. The Labute approximate surface area is 155 Å². The van der Waals surface area contributed by atoms with E-state index in [1.54, 1.807) is 0 Å². The Hall–Kier alpha value is -2.45. The number of carbonyl (C=O) groups excluding carboxylic acids is 2. The second kappa shape index (κ2) is 8.29. The largest absolute Gasteiger partial charge is 0.573 e. The lowest BCUT2D eigenvalue weighted by molar-refractivity contribution is -0.274. The first-order valence-corrected chi connectivity index (χ1v) is 7.67. The molecule has 138 valence electrons. The molecule has 0 radical (unpaired) electrons. The number of hydrogen-bond acceptors (Lipinski definition) is 4. The third kappa shape index (κ3) is 6.12. The van der Waals surface area contributed by atoms with E-state index in [0.717, 1.165) is 24.3 Å². The van der Waals surface area contributed by atoms with E-state index in [1.165, 1.54) is 18.2 Å². The fraction of sp³-hybridized carbons (Fsp3) is 0.125. The summed E-state index contributed by atoms with van der Waals surface area (Å²) in [6, 6.07) is 8.49. The lowest BCUT2D eigenvalue weighted by Gasteiger charge is -2.09. The average molecular weight is 408 g/mol. The lowest BCUT2D eigenvalue weighted by atomic mass is 10.2. The highest BCUT2D eigenvalue weighted by atomic mass is 35.5. The van der Waals surface area contributed by atoms with Gasteiger partial charge in [-0.25, -0.2) is 4.79 Å². The van der Waals surface area contributed by atoms with Gasteiger partial charge in [0.1, 0.15) is 5.75 Å². The van der Waals surface area contributed by atoms with E-state index in [-0.39, 0.29) is 10.6 Å². The van der Waals surface area contributed by atoms with Gasteiger partial charge in [0.05, 0.1) is 15.6 Å². The highest BCUT2D eigenvalue weighted by Gasteiger charge is 2.31. The van der Waals surface area contributed by atoms with Crippen LogP contribution < -0.4 is 10.1 Å². The van der Waals surface area contributed by atoms with Crippen LogP contribution in [0.2, 0.25) is 10.0 Å². The first-order valence-electron chi connectivity index (χ1n) is 6.92. The molecule has 2 rings (SSSR count). The number of nitrogens with one attached hydrogen (secondary N) is 1. The van der Waals surface area contributed by atoms with Gasteiger partial charge in [0.25, 0.3) is 5.91 Å². The number of rotatable bonds is 5. The van der Waals surface area contributed by atoms with Crippen molar-refractivity contribution in [3.05, 3.63) is 58.1 Å². The smallest absolute Gasteiger partial charge is 0.452 e. The van der Waals surface area contributed by atoms with Crippen molar-refractivity contribution >= 4 is 40.8 Å². The molecule has 0 fully saturated rings. The van der Waals surface area contributed by atoms with Gasteiger partial charge in [0.15, 0.2) is 6.61 Å². The number of alkyl halides is 3. The molecule has 0 aliphatic rings. The molecule has 0 aromatic heterocycles. The van der Waals surface area contributed by atoms with E-state index in [2.05, 4.69) is 10.1 Å². The Balaban J connectivity index is 1.87. The summed E-state index contributed by atoms with van der Waals surface area (Å²) in [5, 5.41) is 3.00. The zero-order valence-electron chi connectivity index (χ0n) is 12.8. The van der Waals surface area contributed by atoms with E-state index in [9.17, 15) is 22.8 Å². The lowest BCUT2D eigenvalue weighted by Crippen LogP contribution is -2.21. The molecule has 1 amide bonds. The molecule has 1 N–H and O–H groups in total. The minimum Gasteiger partial charge on any atom is -0.452 e. The fourth-order valence-corrected chi connectivity index (χ4v) is 2.08. The highest BCUT2D eigenvalue weighted by Crippen LogP contribution is 2.25. The van der Waals surface area contributed by atoms with E-state index >= 15 is 0 Å². The Morgan fingerprint density at radius 2 is 1.65 bits per heavy atom. The second-order valence-corrected chi connectivity index (χ2v) is 5.64. The maximum Gasteiger partial charge on any atom is 0.573 e. The van der Waals surface area contributed by atoms with E-state index in [4.69, 9.17) is 27.9 Å². The van der Waals surface area contributed by atoms with Gasteiger partial charge < -0.3 is 14.8 Å². The van der Waals surface area contributed by atoms with Crippen LogP contribution in [0.15, 0.2) is 42.5 Å². The van der Waals surface area contributed by atoms with Gasteiger partial charge in [-0.2, -0.15) is 0 Å². The van der Waals surface area contributed by atoms with E-state index in [1.807, 2.05) is 0 Å². The molecule has 0 bridgehead atoms. The second-order valence-electron chi connectivity index (χ2n) is 4.83. The Morgan fingerprint density at radius 1 is 1.00 bits per heavy atom. The van der Waals surface area contributed by atoms with Gasteiger partial charge in [-0.15, -0.1) is 13.2 Å². The summed E-state index contributed by atoms with van der Waals surface area (Å²) in [4.78, 5) is 23.5. The zero-order chi connectivity index (χ0) is 19.3. The average Bonchev–Trinajstić information content (AvgIpc) is 2.55. The number of anilines is 1. The predicted octanol–water partition coefficient (Wildman–Crippen LogP) is 4.69. The molecule has 2 aromatic carbocycles. The van der Waals surface area contributed by atoms with Gasteiger partial charge >= 0.3 is 12.3 Å². The Morgan fingerprint density at radius 3 is 2.23 bits per heavy atom. The van der Waals surface area contributed by atoms with Crippen LogP contribution in [-0.2, 0) is 9.53 Å². The summed E-state index contributed by atoms with van der Waals surface area (Å²) < 4.78 is 44.7. The standard InChI is InChI=1S/C16H10Cl2F3NO4/c17-12-6-3-10(7-13(12)18)22-14(23)8-25-15(24)9-1-4-11(5-2-9)26-16(19,20)21/h1-7H,8H2,(H,22,23). The van der Waals surface area contributed by atoms with Crippen LogP contribution in [0.5, 0.6) is 5.75 Å². The molecule has 0 aliphatic carbocycles. The minimum atomic E-state index is -4.83. The first-order chi connectivity index (χ1) is 12.1. The van der Waals surface area contributed by atoms with Crippen molar-refractivity contribution in [3.8, 4) is 5.75 Å². The van der Waals surface area contributed by atoms with Gasteiger partial charge in [-0.05, 0) is 42.5 Å². The number of halogens is 5. The number of esters is 1. The minimum absolute atomic E-state index is 0.0399. The third-order valence-electron chi connectivity index (χ3n) is 2.86. The Kier molecular flexibility index (Phi) is 6.33. The van der Waals surface area contributed by atoms with Gasteiger partial charge in [-0.1, -0.05) is 23.2 Å². The molecule has 0 atom stereocenters. The summed E-state index contributed by atoms with van der Waals surface area (Å²) in [7, 11) is 0.